The zero-order valence-corrected chi connectivity index (χ0v) is 18.0. The molecule has 0 unspecified atom stereocenters. The van der Waals surface area contributed by atoms with Crippen LogP contribution in [0.3, 0.4) is 0 Å². The van der Waals surface area contributed by atoms with E-state index >= 15 is 0 Å². The number of amides is 1. The Labute approximate surface area is 178 Å². The van der Waals surface area contributed by atoms with E-state index in [1.807, 2.05) is 18.2 Å². The van der Waals surface area contributed by atoms with Crippen LogP contribution in [0.4, 0.5) is 0 Å². The normalized spacial score (nSPS) is 10.9. The fraction of sp³-hybridized carbons (Fsp3) is 0.360. The van der Waals surface area contributed by atoms with Gasteiger partial charge in [-0.05, 0) is 57.4 Å². The highest BCUT2D eigenvalue weighted by molar-refractivity contribution is 5.92. The first-order valence-corrected chi connectivity index (χ1v) is 10.6. The Hall–Kier alpha value is -3.08. The van der Waals surface area contributed by atoms with E-state index in [1.165, 1.54) is 5.56 Å². The number of nitrogens with one attached hydrogen (secondary N) is 1. The lowest BCUT2D eigenvalue weighted by atomic mass is 10.2. The van der Waals surface area contributed by atoms with Gasteiger partial charge in [0.15, 0.2) is 0 Å². The maximum Gasteiger partial charge on any atom is 0.246 e. The van der Waals surface area contributed by atoms with Crippen molar-refractivity contribution in [1.82, 2.24) is 14.9 Å². The first-order valence-electron chi connectivity index (χ1n) is 10.6. The molecule has 0 aliphatic heterocycles. The summed E-state index contributed by atoms with van der Waals surface area (Å²) in [6, 6.07) is 16.4. The van der Waals surface area contributed by atoms with E-state index in [1.54, 1.807) is 6.92 Å². The van der Waals surface area contributed by atoms with Gasteiger partial charge in [-0.1, -0.05) is 36.4 Å². The second-order valence-corrected chi connectivity index (χ2v) is 7.68. The van der Waals surface area contributed by atoms with Crippen LogP contribution in [0.15, 0.2) is 60.7 Å². The lowest BCUT2D eigenvalue weighted by Gasteiger charge is -2.11. The van der Waals surface area contributed by atoms with Gasteiger partial charge in [-0.2, -0.15) is 0 Å². The van der Waals surface area contributed by atoms with Gasteiger partial charge in [0.25, 0.3) is 0 Å². The number of ether oxygens (including phenoxy) is 1. The highest BCUT2D eigenvalue weighted by Crippen LogP contribution is 2.18. The molecule has 1 amide bonds. The van der Waals surface area contributed by atoms with Gasteiger partial charge in [-0.15, -0.1) is 0 Å². The van der Waals surface area contributed by atoms with Crippen molar-refractivity contribution in [2.24, 2.45) is 0 Å². The fourth-order valence-electron chi connectivity index (χ4n) is 3.36. The molecule has 0 radical (unpaired) electrons. The first-order chi connectivity index (χ1) is 14.5. The zero-order chi connectivity index (χ0) is 21.3. The summed E-state index contributed by atoms with van der Waals surface area (Å²) >= 11 is 0. The Morgan fingerprint density at radius 1 is 1.10 bits per heavy atom. The number of aromatic nitrogens is 2. The van der Waals surface area contributed by atoms with Crippen molar-refractivity contribution in [3.8, 4) is 5.75 Å². The molecule has 0 aliphatic rings. The van der Waals surface area contributed by atoms with E-state index in [2.05, 4.69) is 53.7 Å². The predicted octanol–water partition coefficient (Wildman–Crippen LogP) is 4.83. The molecule has 0 spiro atoms. The van der Waals surface area contributed by atoms with Crippen LogP contribution in [-0.4, -0.2) is 28.6 Å². The molecule has 0 fully saturated rings. The fourth-order valence-corrected chi connectivity index (χ4v) is 3.36. The van der Waals surface area contributed by atoms with Crippen LogP contribution in [0.25, 0.3) is 11.0 Å². The monoisotopic (exact) mass is 405 g/mol. The summed E-state index contributed by atoms with van der Waals surface area (Å²) in [5.41, 5.74) is 3.96. The third-order valence-corrected chi connectivity index (χ3v) is 5.05. The molecule has 5 heteroatoms. The number of imidazole rings is 1. The highest BCUT2D eigenvalue weighted by atomic mass is 16.5. The summed E-state index contributed by atoms with van der Waals surface area (Å²) in [6.45, 7) is 9.70. The van der Waals surface area contributed by atoms with Crippen LogP contribution >= 0.6 is 0 Å². The maximum absolute atomic E-state index is 11.6. The van der Waals surface area contributed by atoms with Crippen molar-refractivity contribution in [2.45, 2.75) is 46.1 Å². The summed E-state index contributed by atoms with van der Waals surface area (Å²) in [6.07, 6.45) is 3.67. The Morgan fingerprint density at radius 2 is 1.87 bits per heavy atom. The summed E-state index contributed by atoms with van der Waals surface area (Å²) in [5, 5.41) is 2.89. The number of carbonyl (C=O) groups excluding carboxylic acids is 1. The molecule has 2 aromatic carbocycles. The lowest BCUT2D eigenvalue weighted by molar-refractivity contribution is -0.117. The number of carbonyl (C=O) groups is 1. The molecule has 1 N–H and O–H groups in total. The maximum atomic E-state index is 11.6. The van der Waals surface area contributed by atoms with Crippen LogP contribution in [0, 0.1) is 6.92 Å². The van der Waals surface area contributed by atoms with Gasteiger partial charge in [0, 0.05) is 25.1 Å². The average Bonchev–Trinajstić information content (AvgIpc) is 3.09. The summed E-state index contributed by atoms with van der Waals surface area (Å²) in [4.78, 5) is 16.5. The number of aryl methyl sites for hydroxylation is 3. The minimum atomic E-state index is -0.0860. The molecule has 0 saturated heterocycles. The highest BCUT2D eigenvalue weighted by Gasteiger charge is 2.10. The first kappa shape index (κ1) is 21.6. The zero-order valence-electron chi connectivity index (χ0n) is 18.0. The number of nitrogens with zero attached hydrogens (tertiary/aromatic N) is 2. The molecule has 0 bridgehead atoms. The van der Waals surface area contributed by atoms with Crippen LogP contribution in [0.5, 0.6) is 5.75 Å². The third kappa shape index (κ3) is 5.96. The number of hydrogen-bond donors (Lipinski definition) is 1. The minimum Gasteiger partial charge on any atom is -0.494 e. The molecule has 3 aromatic rings. The Morgan fingerprint density at radius 3 is 2.63 bits per heavy atom. The quantitative estimate of drug-likeness (QED) is 0.367. The molecule has 1 aromatic heterocycles. The van der Waals surface area contributed by atoms with E-state index in [4.69, 9.17) is 9.72 Å². The van der Waals surface area contributed by atoms with Crippen LogP contribution < -0.4 is 10.1 Å². The summed E-state index contributed by atoms with van der Waals surface area (Å²) in [5.74, 6) is 1.91. The molecule has 0 atom stereocenters. The van der Waals surface area contributed by atoms with Crippen molar-refractivity contribution in [2.75, 3.05) is 13.2 Å². The number of unbranched alkanes of at least 4 members (excludes halogenated alkanes) is 1. The van der Waals surface area contributed by atoms with Crippen LogP contribution in [0.1, 0.15) is 37.6 Å². The van der Waals surface area contributed by atoms with Gasteiger partial charge in [-0.3, -0.25) is 4.79 Å². The van der Waals surface area contributed by atoms with Gasteiger partial charge >= 0.3 is 0 Å². The van der Waals surface area contributed by atoms with Gasteiger partial charge in [-0.25, -0.2) is 4.98 Å². The Bertz CT molecular complexity index is 989. The molecule has 0 saturated carbocycles. The summed E-state index contributed by atoms with van der Waals surface area (Å²) in [7, 11) is 0. The van der Waals surface area contributed by atoms with E-state index in [-0.39, 0.29) is 5.91 Å². The van der Waals surface area contributed by atoms with Crippen LogP contribution in [0.2, 0.25) is 0 Å². The molecular weight excluding hydrogens is 374 g/mol. The molecule has 30 heavy (non-hydrogen) atoms. The minimum absolute atomic E-state index is 0.0860. The van der Waals surface area contributed by atoms with Gasteiger partial charge in [0.1, 0.15) is 11.6 Å². The van der Waals surface area contributed by atoms with E-state index in [9.17, 15) is 4.79 Å². The molecule has 0 aliphatic carbocycles. The smallest absolute Gasteiger partial charge is 0.246 e. The molecule has 1 heterocycles. The largest absolute Gasteiger partial charge is 0.494 e. The van der Waals surface area contributed by atoms with Crippen molar-refractivity contribution in [1.29, 1.82) is 0 Å². The number of fused-ring (bicyclic) bond motifs is 1. The van der Waals surface area contributed by atoms with Crippen molar-refractivity contribution >= 4 is 16.9 Å². The Balaban J connectivity index is 1.53. The van der Waals surface area contributed by atoms with Gasteiger partial charge in [0.2, 0.25) is 5.91 Å². The predicted molar refractivity (Wildman–Crippen MR) is 122 cm³/mol. The van der Waals surface area contributed by atoms with Gasteiger partial charge < -0.3 is 14.6 Å². The molecule has 158 valence electrons. The van der Waals surface area contributed by atoms with Crippen molar-refractivity contribution < 1.29 is 9.53 Å². The molecule has 5 nitrogen and oxygen atoms in total. The second kappa shape index (κ2) is 10.6. The molecule has 3 rings (SSSR count). The average molecular weight is 406 g/mol. The molecular formula is C25H31N3O2. The van der Waals surface area contributed by atoms with Crippen LogP contribution in [-0.2, 0) is 17.8 Å². The SMILES string of the molecule is C=C(C)C(=O)NCCCc1nc2ccccc2n1CCCCOc1ccc(C)cc1. The number of para-hydroxylation sites is 2. The summed E-state index contributed by atoms with van der Waals surface area (Å²) < 4.78 is 8.15. The Kier molecular flexibility index (Phi) is 7.66. The van der Waals surface area contributed by atoms with E-state index < -0.39 is 0 Å². The van der Waals surface area contributed by atoms with Gasteiger partial charge in [0.05, 0.1) is 17.6 Å². The standard InChI is InChI=1S/C25H31N3O2/c1-19(2)25(29)26-16-8-11-24-27-22-9-4-5-10-23(22)28(24)17-6-7-18-30-21-14-12-20(3)13-15-21/h4-5,9-10,12-15H,1,6-8,11,16-18H2,2-3H3,(H,26,29). The van der Waals surface area contributed by atoms with Crippen molar-refractivity contribution in [3.05, 3.63) is 72.1 Å². The van der Waals surface area contributed by atoms with E-state index in [0.29, 0.717) is 18.7 Å². The topological polar surface area (TPSA) is 56.2 Å². The van der Waals surface area contributed by atoms with Crippen molar-refractivity contribution in [3.63, 3.8) is 0 Å². The lowest BCUT2D eigenvalue weighted by Crippen LogP contribution is -2.25. The van der Waals surface area contributed by atoms with E-state index in [0.717, 1.165) is 54.8 Å². The third-order valence-electron chi connectivity index (χ3n) is 5.05. The number of hydrogen-bond acceptors (Lipinski definition) is 3. The second-order valence-electron chi connectivity index (χ2n) is 7.68. The number of benzene rings is 2. The number of rotatable bonds is 11.